The minimum absolute atomic E-state index is 0.0333. The SMILES string of the molecule is [2H]c1c([2H])c(C)c([2H])c(OCC([2H])(O)CCC([2H])([2H])C([2H])([2H])c2c([2H])c([2H])c(OC([2H])([2H])[2H])c(OC)c2[2H])c1[2H]. The topological polar surface area (TPSA) is 47.9 Å². The van der Waals surface area contributed by atoms with Gasteiger partial charge in [-0.3, -0.25) is 0 Å². The fraction of sp³-hybridized carbons (Fsp3) is 0.429. The zero-order valence-electron chi connectivity index (χ0n) is 28.8. The van der Waals surface area contributed by atoms with Crippen molar-refractivity contribution in [3.8, 4) is 17.2 Å². The van der Waals surface area contributed by atoms with E-state index in [1.54, 1.807) is 0 Å². The predicted octanol–water partition coefficient (Wildman–Crippen LogP) is 4.16. The fourth-order valence-corrected chi connectivity index (χ4v) is 1.73. The van der Waals surface area contributed by atoms with Gasteiger partial charge in [0.2, 0.25) is 0 Å². The second-order valence-electron chi connectivity index (χ2n) is 4.83. The van der Waals surface area contributed by atoms with Crippen molar-refractivity contribution >= 4 is 0 Å². The molecule has 2 aromatic carbocycles. The molecule has 0 bridgehead atoms. The molecular formula is C21H28O4. The zero-order valence-corrected chi connectivity index (χ0v) is 13.8. The smallest absolute Gasteiger partial charge is 0.160 e. The molecular weight excluding hydrogens is 316 g/mol. The molecule has 0 spiro atoms. The van der Waals surface area contributed by atoms with Gasteiger partial charge in [-0.1, -0.05) is 24.5 Å². The van der Waals surface area contributed by atoms with E-state index >= 15 is 0 Å². The molecule has 1 N–H and O–H groups in total. The molecule has 0 aliphatic heterocycles. The van der Waals surface area contributed by atoms with E-state index in [2.05, 4.69) is 4.74 Å². The molecule has 1 atom stereocenters. The fourth-order valence-electron chi connectivity index (χ4n) is 1.73. The Kier molecular flexibility index (Phi) is 2.86. The van der Waals surface area contributed by atoms with E-state index in [0.29, 0.717) is 0 Å². The first-order valence-electron chi connectivity index (χ1n) is 14.8. The highest BCUT2D eigenvalue weighted by molar-refractivity contribution is 5.42. The molecule has 0 fully saturated rings. The summed E-state index contributed by atoms with van der Waals surface area (Å²) in [6.45, 7) is 0.456. The van der Waals surface area contributed by atoms with Crippen LogP contribution in [0.15, 0.2) is 42.3 Å². The van der Waals surface area contributed by atoms with Crippen LogP contribution in [0, 0.1) is 6.92 Å². The highest BCUT2D eigenvalue weighted by atomic mass is 16.5. The van der Waals surface area contributed by atoms with Crippen molar-refractivity contribution in [2.24, 2.45) is 0 Å². The van der Waals surface area contributed by atoms with Gasteiger partial charge in [-0.2, -0.15) is 0 Å². The Morgan fingerprint density at radius 3 is 2.92 bits per heavy atom. The van der Waals surface area contributed by atoms with Crippen LogP contribution in [0.5, 0.6) is 17.2 Å². The van der Waals surface area contributed by atoms with E-state index in [4.69, 9.17) is 30.0 Å². The van der Waals surface area contributed by atoms with Gasteiger partial charge in [0.05, 0.1) is 35.3 Å². The summed E-state index contributed by atoms with van der Waals surface area (Å²) in [4.78, 5) is 0. The van der Waals surface area contributed by atoms with Gasteiger partial charge in [0.25, 0.3) is 0 Å². The van der Waals surface area contributed by atoms with E-state index in [0.717, 1.165) is 7.11 Å². The van der Waals surface area contributed by atoms with Crippen molar-refractivity contribution in [3.05, 3.63) is 53.4 Å². The van der Waals surface area contributed by atoms with Crippen molar-refractivity contribution in [3.63, 3.8) is 0 Å². The van der Waals surface area contributed by atoms with Crippen LogP contribution in [-0.4, -0.2) is 31.9 Å². The van der Waals surface area contributed by atoms with E-state index in [1.165, 1.54) is 6.92 Å². The number of hydrogen-bond donors (Lipinski definition) is 1. The summed E-state index contributed by atoms with van der Waals surface area (Å²) in [6, 6.07) is -4.79. The van der Waals surface area contributed by atoms with Gasteiger partial charge < -0.3 is 19.3 Å². The minimum Gasteiger partial charge on any atom is -0.493 e. The Hall–Kier alpha value is -2.20. The number of methoxy groups -OCH3 is 2. The first kappa shape index (κ1) is 7.20. The lowest BCUT2D eigenvalue weighted by molar-refractivity contribution is 0.0976. The molecule has 2 rings (SSSR count). The summed E-state index contributed by atoms with van der Waals surface area (Å²) in [5.41, 5.74) is -0.903. The minimum atomic E-state index is -3.19. The molecule has 0 aromatic heterocycles. The van der Waals surface area contributed by atoms with Gasteiger partial charge in [-0.15, -0.1) is 0 Å². The summed E-state index contributed by atoms with van der Waals surface area (Å²) < 4.78 is 134. The van der Waals surface area contributed by atoms with Gasteiger partial charge in [0.15, 0.2) is 11.5 Å². The predicted molar refractivity (Wildman–Crippen MR) is 99.8 cm³/mol. The number of hydrogen-bond acceptors (Lipinski definition) is 4. The lowest BCUT2D eigenvalue weighted by Gasteiger charge is -2.13. The lowest BCUT2D eigenvalue weighted by Crippen LogP contribution is -2.17. The van der Waals surface area contributed by atoms with Crippen LogP contribution < -0.4 is 14.2 Å². The van der Waals surface area contributed by atoms with Gasteiger partial charge in [0, 0.05) is 5.48 Å². The van der Waals surface area contributed by atoms with Crippen molar-refractivity contribution in [1.29, 1.82) is 0 Å². The molecule has 1 unspecified atom stereocenters. The normalized spacial score (nSPS) is 23.4. The van der Waals surface area contributed by atoms with Gasteiger partial charge in [-0.25, -0.2) is 0 Å². The lowest BCUT2D eigenvalue weighted by atomic mass is 10.0. The zero-order chi connectivity index (χ0) is 31.2. The van der Waals surface area contributed by atoms with E-state index in [9.17, 15) is 5.11 Å². The summed E-state index contributed by atoms with van der Waals surface area (Å²) in [6.07, 6.45) is -10.4. The van der Waals surface area contributed by atoms with Crippen LogP contribution in [-0.2, 0) is 6.37 Å². The highest BCUT2D eigenvalue weighted by Crippen LogP contribution is 2.28. The molecule has 0 heterocycles. The number of ether oxygens (including phenoxy) is 3. The molecule has 136 valence electrons. The van der Waals surface area contributed by atoms with Crippen LogP contribution >= 0.6 is 0 Å². The Bertz CT molecular complexity index is 1250. The van der Waals surface area contributed by atoms with Gasteiger partial charge in [0.1, 0.15) is 12.4 Å². The molecule has 0 radical (unpaired) electrons. The Balaban J connectivity index is 2.37. The van der Waals surface area contributed by atoms with Crippen molar-refractivity contribution in [1.82, 2.24) is 0 Å². The molecule has 0 saturated carbocycles. The Labute approximate surface area is 171 Å². The third kappa shape index (κ3) is 6.31. The van der Waals surface area contributed by atoms with Crippen LogP contribution in [0.1, 0.15) is 50.9 Å². The monoisotopic (exact) mass is 359 g/mol. The average molecular weight is 360 g/mol. The third-order valence-electron chi connectivity index (χ3n) is 2.91. The van der Waals surface area contributed by atoms with Crippen molar-refractivity contribution < 1.29 is 39.9 Å². The van der Waals surface area contributed by atoms with E-state index in [-0.39, 0.29) is 11.6 Å². The van der Waals surface area contributed by atoms with Gasteiger partial charge in [-0.05, 0) is 61.4 Å². The summed E-state index contributed by atoms with van der Waals surface area (Å²) in [5, 5.41) is 10.5. The second kappa shape index (κ2) is 9.94. The number of aliphatic hydroxyl groups is 1. The Morgan fingerprint density at radius 2 is 2.12 bits per heavy atom. The molecule has 25 heavy (non-hydrogen) atoms. The van der Waals surface area contributed by atoms with Gasteiger partial charge >= 0.3 is 0 Å². The first-order valence-corrected chi connectivity index (χ1v) is 7.30. The van der Waals surface area contributed by atoms with Crippen LogP contribution in [0.25, 0.3) is 0 Å². The standard InChI is InChI=1S/C21H28O4/c1-16-7-6-10-19(13-16)25-15-18(22)9-5-4-8-17-11-12-20(23-2)21(14-17)24-3/h6-7,10-14,18,22H,4-5,8-9,15H2,1-3H3/i2D3,4D2,6D,7D,8D2,10D,11D,12D,13D,14D,18D. The second-order valence-corrected chi connectivity index (χ2v) is 4.83. The maximum atomic E-state index is 10.5. The van der Waals surface area contributed by atoms with Crippen LogP contribution in [0.2, 0.25) is 0 Å². The molecule has 4 heteroatoms. The quantitative estimate of drug-likeness (QED) is 0.692. The maximum absolute atomic E-state index is 10.5. The average Bonchev–Trinajstić information content (AvgIpc) is 2.83. The Morgan fingerprint density at radius 1 is 1.24 bits per heavy atom. The third-order valence-corrected chi connectivity index (χ3v) is 2.91. The molecule has 0 aliphatic rings. The summed E-state index contributed by atoms with van der Waals surface area (Å²) in [5.74, 6) is -1.98. The number of benzene rings is 2. The highest BCUT2D eigenvalue weighted by Gasteiger charge is 2.07. The van der Waals surface area contributed by atoms with Crippen molar-refractivity contribution in [2.75, 3.05) is 20.8 Å². The van der Waals surface area contributed by atoms with Crippen LogP contribution in [0.3, 0.4) is 0 Å². The van der Waals surface area contributed by atoms with Crippen molar-refractivity contribution in [2.45, 2.75) is 38.6 Å². The van der Waals surface area contributed by atoms with E-state index in [1.807, 2.05) is 0 Å². The summed E-state index contributed by atoms with van der Waals surface area (Å²) >= 11 is 0. The molecule has 0 amide bonds. The van der Waals surface area contributed by atoms with E-state index < -0.39 is 104 Å². The van der Waals surface area contributed by atoms with Crippen LogP contribution in [0.4, 0.5) is 0 Å². The largest absolute Gasteiger partial charge is 0.493 e. The maximum Gasteiger partial charge on any atom is 0.160 e. The molecule has 0 aliphatic carbocycles. The number of rotatable bonds is 10. The summed E-state index contributed by atoms with van der Waals surface area (Å²) in [7, 11) is -2.10. The first-order chi connectivity index (χ1) is 18.0. The molecule has 4 nitrogen and oxygen atoms in total. The molecule has 0 saturated heterocycles. The molecule has 2 aromatic rings.